The molecule has 4 saturated carbocycles. The fourth-order valence-corrected chi connectivity index (χ4v) is 5.09. The van der Waals surface area contributed by atoms with Crippen molar-refractivity contribution in [3.8, 4) is 0 Å². The molecular weight excluding hydrogens is 224 g/mol. The van der Waals surface area contributed by atoms with E-state index in [2.05, 4.69) is 13.5 Å². The maximum atomic E-state index is 11.9. The highest BCUT2D eigenvalue weighted by molar-refractivity contribution is 5.87. The number of esters is 1. The van der Waals surface area contributed by atoms with E-state index >= 15 is 0 Å². The van der Waals surface area contributed by atoms with Crippen molar-refractivity contribution in [2.75, 3.05) is 0 Å². The molecule has 100 valence electrons. The third-order valence-electron chi connectivity index (χ3n) is 5.65. The molecule has 0 aromatic carbocycles. The second-order valence-electron chi connectivity index (χ2n) is 6.93. The second-order valence-corrected chi connectivity index (χ2v) is 6.93. The summed E-state index contributed by atoms with van der Waals surface area (Å²) in [7, 11) is 0. The van der Waals surface area contributed by atoms with Crippen LogP contribution in [-0.4, -0.2) is 12.1 Å². The van der Waals surface area contributed by atoms with Gasteiger partial charge in [0.2, 0.25) is 0 Å². The Morgan fingerprint density at radius 1 is 1.28 bits per heavy atom. The molecule has 4 fully saturated rings. The Balaban J connectivity index is 1.84. The van der Waals surface area contributed by atoms with Gasteiger partial charge in [-0.15, -0.1) is 0 Å². The highest BCUT2D eigenvalue weighted by Gasteiger charge is 2.57. The van der Waals surface area contributed by atoms with Crippen LogP contribution in [0.4, 0.5) is 0 Å². The maximum Gasteiger partial charge on any atom is 0.333 e. The quantitative estimate of drug-likeness (QED) is 0.562. The molecule has 18 heavy (non-hydrogen) atoms. The smallest absolute Gasteiger partial charge is 0.333 e. The number of hydrogen-bond acceptors (Lipinski definition) is 2. The lowest BCUT2D eigenvalue weighted by atomic mass is 9.47. The number of ether oxygens (including phenoxy) is 1. The van der Waals surface area contributed by atoms with Gasteiger partial charge in [-0.3, -0.25) is 0 Å². The van der Waals surface area contributed by atoms with E-state index < -0.39 is 0 Å². The third kappa shape index (κ3) is 1.72. The van der Waals surface area contributed by atoms with Crippen molar-refractivity contribution in [2.24, 2.45) is 23.2 Å². The van der Waals surface area contributed by atoms with E-state index in [1.807, 2.05) is 0 Å². The minimum Gasteiger partial charge on any atom is -0.458 e. The molecule has 4 aliphatic rings. The fourth-order valence-electron chi connectivity index (χ4n) is 5.09. The Morgan fingerprint density at radius 3 is 2.39 bits per heavy atom. The van der Waals surface area contributed by atoms with Gasteiger partial charge in [-0.05, 0) is 63.2 Å². The lowest BCUT2D eigenvalue weighted by molar-refractivity contribution is -0.191. The van der Waals surface area contributed by atoms with Gasteiger partial charge in [0.15, 0.2) is 0 Å². The van der Waals surface area contributed by atoms with Gasteiger partial charge in [-0.2, -0.15) is 0 Å². The van der Waals surface area contributed by atoms with Gasteiger partial charge in [-0.1, -0.05) is 13.5 Å². The first-order chi connectivity index (χ1) is 8.54. The van der Waals surface area contributed by atoms with Crippen LogP contribution in [0.25, 0.3) is 0 Å². The molecular formula is C16H24O2. The Bertz CT molecular complexity index is 371. The molecule has 5 atom stereocenters. The van der Waals surface area contributed by atoms with E-state index in [0.717, 1.165) is 18.3 Å². The lowest BCUT2D eigenvalue weighted by Gasteiger charge is -2.60. The Labute approximate surface area is 110 Å². The highest BCUT2D eigenvalue weighted by atomic mass is 16.5. The van der Waals surface area contributed by atoms with Crippen LogP contribution in [-0.2, 0) is 9.53 Å². The van der Waals surface area contributed by atoms with Crippen LogP contribution < -0.4 is 0 Å². The monoisotopic (exact) mass is 248 g/mol. The van der Waals surface area contributed by atoms with Gasteiger partial charge in [-0.25, -0.2) is 4.79 Å². The summed E-state index contributed by atoms with van der Waals surface area (Å²) in [6.07, 6.45) is 7.89. The maximum absolute atomic E-state index is 11.9. The zero-order valence-electron chi connectivity index (χ0n) is 11.6. The van der Waals surface area contributed by atoms with Crippen molar-refractivity contribution in [3.05, 3.63) is 12.2 Å². The Kier molecular flexibility index (Phi) is 2.80. The van der Waals surface area contributed by atoms with Gasteiger partial charge in [0, 0.05) is 11.0 Å². The number of carbonyl (C=O) groups excluding carboxylic acids is 1. The summed E-state index contributed by atoms with van der Waals surface area (Å²) in [5.74, 6) is 2.25. The molecule has 4 bridgehead atoms. The number of carbonyl (C=O) groups is 1. The predicted octanol–water partition coefficient (Wildman–Crippen LogP) is 3.71. The molecule has 0 amide bonds. The predicted molar refractivity (Wildman–Crippen MR) is 71.0 cm³/mol. The first-order valence-electron chi connectivity index (χ1n) is 7.40. The van der Waals surface area contributed by atoms with E-state index in [1.165, 1.54) is 32.1 Å². The molecule has 0 heterocycles. The van der Waals surface area contributed by atoms with Crippen molar-refractivity contribution in [1.82, 2.24) is 0 Å². The van der Waals surface area contributed by atoms with Gasteiger partial charge in [0.1, 0.15) is 6.10 Å². The molecule has 2 nitrogen and oxygen atoms in total. The SMILES string of the molecule is C=C(C)C(=O)OC1C2C[C@@H]3C[C@H](C2)CC1(CC)C3. The fraction of sp³-hybridized carbons (Fsp3) is 0.812. The van der Waals surface area contributed by atoms with Gasteiger partial charge >= 0.3 is 5.97 Å². The van der Waals surface area contributed by atoms with Gasteiger partial charge in [0.25, 0.3) is 0 Å². The average Bonchev–Trinajstić information content (AvgIpc) is 2.32. The lowest BCUT2D eigenvalue weighted by Crippen LogP contribution is -2.57. The third-order valence-corrected chi connectivity index (χ3v) is 5.65. The number of hydrogen-bond donors (Lipinski definition) is 0. The molecule has 2 heteroatoms. The van der Waals surface area contributed by atoms with Crippen LogP contribution in [0.3, 0.4) is 0 Å². The summed E-state index contributed by atoms with van der Waals surface area (Å²) in [6, 6.07) is 0. The minimum atomic E-state index is -0.180. The molecule has 0 aromatic rings. The molecule has 0 radical (unpaired) electrons. The molecule has 3 unspecified atom stereocenters. The van der Waals surface area contributed by atoms with Crippen LogP contribution in [0.2, 0.25) is 0 Å². The van der Waals surface area contributed by atoms with Crippen molar-refractivity contribution in [3.63, 3.8) is 0 Å². The first kappa shape index (κ1) is 12.3. The van der Waals surface area contributed by atoms with Crippen molar-refractivity contribution in [2.45, 2.75) is 58.5 Å². The van der Waals surface area contributed by atoms with E-state index in [1.54, 1.807) is 6.92 Å². The summed E-state index contributed by atoms with van der Waals surface area (Å²) in [5.41, 5.74) is 0.829. The normalized spacial score (nSPS) is 45.0. The molecule has 0 N–H and O–H groups in total. The van der Waals surface area contributed by atoms with Crippen molar-refractivity contribution < 1.29 is 9.53 Å². The number of rotatable bonds is 3. The second kappa shape index (κ2) is 4.11. The van der Waals surface area contributed by atoms with Crippen molar-refractivity contribution in [1.29, 1.82) is 0 Å². The highest BCUT2D eigenvalue weighted by Crippen LogP contribution is 2.62. The van der Waals surface area contributed by atoms with Crippen LogP contribution in [0.5, 0.6) is 0 Å². The van der Waals surface area contributed by atoms with Gasteiger partial charge in [0.05, 0.1) is 0 Å². The minimum absolute atomic E-state index is 0.166. The van der Waals surface area contributed by atoms with Crippen LogP contribution in [0.1, 0.15) is 52.4 Å². The average molecular weight is 248 g/mol. The van der Waals surface area contributed by atoms with Crippen LogP contribution in [0, 0.1) is 23.2 Å². The summed E-state index contributed by atoms with van der Waals surface area (Å²) < 4.78 is 5.84. The molecule has 0 spiro atoms. The molecule has 0 aliphatic heterocycles. The molecule has 4 aliphatic carbocycles. The van der Waals surface area contributed by atoms with Crippen LogP contribution >= 0.6 is 0 Å². The van der Waals surface area contributed by atoms with E-state index in [-0.39, 0.29) is 12.1 Å². The Morgan fingerprint density at radius 2 is 1.89 bits per heavy atom. The standard InChI is InChI=1S/C16H24O2/c1-4-16-8-11-5-12(9-16)7-13(6-11)14(16)18-15(17)10(2)3/h11-14H,2,4-9H2,1,3H3/t11-,12+,13?,14?,16?. The molecule has 0 saturated heterocycles. The topological polar surface area (TPSA) is 26.3 Å². The largest absolute Gasteiger partial charge is 0.458 e. The Hall–Kier alpha value is -0.790. The van der Waals surface area contributed by atoms with Crippen LogP contribution in [0.15, 0.2) is 12.2 Å². The van der Waals surface area contributed by atoms with Crippen molar-refractivity contribution >= 4 is 5.97 Å². The zero-order valence-corrected chi connectivity index (χ0v) is 11.6. The molecule has 4 rings (SSSR count). The zero-order chi connectivity index (χ0) is 12.9. The first-order valence-corrected chi connectivity index (χ1v) is 7.40. The summed E-state index contributed by atoms with van der Waals surface area (Å²) >= 11 is 0. The van der Waals surface area contributed by atoms with E-state index in [4.69, 9.17) is 4.74 Å². The summed E-state index contributed by atoms with van der Waals surface area (Å²) in [5, 5.41) is 0. The summed E-state index contributed by atoms with van der Waals surface area (Å²) in [6.45, 7) is 7.73. The summed E-state index contributed by atoms with van der Waals surface area (Å²) in [4.78, 5) is 11.9. The molecule has 0 aromatic heterocycles. The van der Waals surface area contributed by atoms with E-state index in [0.29, 0.717) is 16.9 Å². The van der Waals surface area contributed by atoms with E-state index in [9.17, 15) is 4.79 Å². The van der Waals surface area contributed by atoms with Gasteiger partial charge < -0.3 is 4.74 Å².